The van der Waals surface area contributed by atoms with E-state index >= 15 is 0 Å². The van der Waals surface area contributed by atoms with Crippen LogP contribution in [0.2, 0.25) is 0 Å². The van der Waals surface area contributed by atoms with Crippen LogP contribution in [0.4, 0.5) is 0 Å². The molecule has 0 bridgehead atoms. The summed E-state index contributed by atoms with van der Waals surface area (Å²) in [6, 6.07) is 8.06. The highest BCUT2D eigenvalue weighted by molar-refractivity contribution is 9.09. The van der Waals surface area contributed by atoms with Crippen LogP contribution in [0.3, 0.4) is 0 Å². The van der Waals surface area contributed by atoms with E-state index < -0.39 is 0 Å². The zero-order chi connectivity index (χ0) is 11.1. The molecule has 0 unspecified atom stereocenters. The number of hydrogen-bond acceptors (Lipinski definition) is 3. The molecular formula is C11H9BrN2OS. The largest absolute Gasteiger partial charge is 0.315 e. The number of rotatable bonds is 1. The first-order valence-electron chi connectivity index (χ1n) is 5.01. The second-order valence-electron chi connectivity index (χ2n) is 3.71. The zero-order valence-electron chi connectivity index (χ0n) is 8.39. The summed E-state index contributed by atoms with van der Waals surface area (Å²) in [4.78, 5) is 15.9. The molecule has 3 rings (SSSR count). The number of nitrogens with zero attached hydrogens (tertiary/aromatic N) is 2. The van der Waals surface area contributed by atoms with E-state index in [2.05, 4.69) is 25.5 Å². The van der Waals surface area contributed by atoms with Crippen LogP contribution in [0.1, 0.15) is 6.04 Å². The maximum absolute atomic E-state index is 11.8. The number of benzene rings is 1. The van der Waals surface area contributed by atoms with Crippen molar-refractivity contribution in [2.75, 3.05) is 11.1 Å². The van der Waals surface area contributed by atoms with Crippen molar-refractivity contribution in [3.8, 4) is 0 Å². The van der Waals surface area contributed by atoms with Crippen molar-refractivity contribution < 1.29 is 0 Å². The fourth-order valence-electron chi connectivity index (χ4n) is 1.98. The molecule has 5 heteroatoms. The van der Waals surface area contributed by atoms with Gasteiger partial charge in [-0.2, -0.15) is 4.98 Å². The van der Waals surface area contributed by atoms with Gasteiger partial charge in [-0.1, -0.05) is 39.8 Å². The summed E-state index contributed by atoms with van der Waals surface area (Å²) in [5.41, 5.74) is 0.872. The highest BCUT2D eigenvalue weighted by Crippen LogP contribution is 2.34. The Morgan fingerprint density at radius 3 is 3.12 bits per heavy atom. The van der Waals surface area contributed by atoms with Gasteiger partial charge in [0.1, 0.15) is 0 Å². The zero-order valence-corrected chi connectivity index (χ0v) is 10.8. The molecule has 2 aromatic rings. The summed E-state index contributed by atoms with van der Waals surface area (Å²) in [6.07, 6.45) is 0. The van der Waals surface area contributed by atoms with Crippen LogP contribution in [0.5, 0.6) is 0 Å². The smallest absolute Gasteiger partial charge is 0.281 e. The number of para-hydroxylation sites is 1. The first-order valence-corrected chi connectivity index (χ1v) is 7.12. The number of fused-ring (bicyclic) bond motifs is 3. The van der Waals surface area contributed by atoms with Crippen LogP contribution in [-0.2, 0) is 0 Å². The van der Waals surface area contributed by atoms with Crippen LogP contribution in [0.15, 0.2) is 34.2 Å². The highest BCUT2D eigenvalue weighted by Gasteiger charge is 2.24. The van der Waals surface area contributed by atoms with Gasteiger partial charge in [-0.3, -0.25) is 4.79 Å². The predicted octanol–water partition coefficient (Wildman–Crippen LogP) is 2.44. The number of halogens is 1. The molecule has 0 fully saturated rings. The van der Waals surface area contributed by atoms with E-state index in [9.17, 15) is 4.79 Å². The Morgan fingerprint density at radius 2 is 2.31 bits per heavy atom. The summed E-state index contributed by atoms with van der Waals surface area (Å²) in [7, 11) is 0. The Bertz CT molecular complexity index is 610. The van der Waals surface area contributed by atoms with Crippen molar-refractivity contribution in [2.45, 2.75) is 11.2 Å². The fraction of sp³-hybridized carbons (Fsp3) is 0.273. The molecule has 0 spiro atoms. The van der Waals surface area contributed by atoms with E-state index in [1.807, 2.05) is 24.3 Å². The third kappa shape index (κ3) is 1.42. The maximum atomic E-state index is 11.8. The van der Waals surface area contributed by atoms with E-state index in [1.54, 1.807) is 11.8 Å². The Balaban J connectivity index is 2.42. The maximum Gasteiger partial charge on any atom is 0.281 e. The molecule has 0 aliphatic carbocycles. The molecule has 0 saturated heterocycles. The van der Waals surface area contributed by atoms with Crippen molar-refractivity contribution in [1.29, 1.82) is 0 Å². The Labute approximate surface area is 105 Å². The van der Waals surface area contributed by atoms with Gasteiger partial charge in [0.15, 0.2) is 5.16 Å². The summed E-state index contributed by atoms with van der Waals surface area (Å²) in [5.74, 6) is 0.978. The van der Waals surface area contributed by atoms with Gasteiger partial charge in [0.25, 0.3) is 5.56 Å². The molecule has 0 N–H and O–H groups in total. The minimum atomic E-state index is -0.121. The number of aromatic nitrogens is 2. The lowest BCUT2D eigenvalue weighted by Crippen LogP contribution is -2.16. The Kier molecular flexibility index (Phi) is 2.52. The molecule has 0 amide bonds. The number of alkyl halides is 1. The molecular weight excluding hydrogens is 288 g/mol. The molecule has 1 atom stereocenters. The van der Waals surface area contributed by atoms with Gasteiger partial charge in [0, 0.05) is 11.1 Å². The second kappa shape index (κ2) is 3.89. The lowest BCUT2D eigenvalue weighted by Gasteiger charge is -2.13. The molecule has 1 aromatic heterocycles. The fourth-order valence-corrected chi connectivity index (χ4v) is 3.95. The third-order valence-electron chi connectivity index (χ3n) is 2.75. The van der Waals surface area contributed by atoms with E-state index in [0.29, 0.717) is 11.4 Å². The summed E-state index contributed by atoms with van der Waals surface area (Å²) in [6.45, 7) is 0. The molecule has 1 aliphatic heterocycles. The summed E-state index contributed by atoms with van der Waals surface area (Å²) in [5, 5.41) is 2.44. The molecule has 2 heterocycles. The van der Waals surface area contributed by atoms with Gasteiger partial charge in [0.05, 0.1) is 16.9 Å². The third-order valence-corrected chi connectivity index (χ3v) is 4.59. The average Bonchev–Trinajstić information content (AvgIpc) is 2.72. The molecule has 0 radical (unpaired) electrons. The predicted molar refractivity (Wildman–Crippen MR) is 69.6 cm³/mol. The van der Waals surface area contributed by atoms with Crippen LogP contribution >= 0.6 is 27.7 Å². The van der Waals surface area contributed by atoms with Gasteiger partial charge in [-0.15, -0.1) is 0 Å². The van der Waals surface area contributed by atoms with Crippen LogP contribution in [-0.4, -0.2) is 20.6 Å². The van der Waals surface area contributed by atoms with Gasteiger partial charge >= 0.3 is 0 Å². The van der Waals surface area contributed by atoms with Gasteiger partial charge in [0.2, 0.25) is 0 Å². The summed E-state index contributed by atoms with van der Waals surface area (Å²) < 4.78 is 2.16. The van der Waals surface area contributed by atoms with Crippen molar-refractivity contribution in [3.05, 3.63) is 34.6 Å². The van der Waals surface area contributed by atoms with Crippen LogP contribution in [0.25, 0.3) is 10.9 Å². The van der Waals surface area contributed by atoms with Gasteiger partial charge < -0.3 is 4.57 Å². The molecule has 82 valence electrons. The van der Waals surface area contributed by atoms with Crippen LogP contribution in [0, 0.1) is 0 Å². The minimum Gasteiger partial charge on any atom is -0.315 e. The standard InChI is InChI=1S/C11H9BrN2OS/c12-5-7-6-16-11-13-10(15)8-3-1-2-4-9(8)14(7)11/h1-4,7H,5-6H2/t7-/m1/s1. The van der Waals surface area contributed by atoms with Crippen molar-refractivity contribution in [3.63, 3.8) is 0 Å². The molecule has 16 heavy (non-hydrogen) atoms. The number of hydrogen-bond donors (Lipinski definition) is 0. The van der Waals surface area contributed by atoms with E-state index in [1.165, 1.54) is 0 Å². The molecule has 1 aromatic carbocycles. The second-order valence-corrected chi connectivity index (χ2v) is 5.34. The lowest BCUT2D eigenvalue weighted by molar-refractivity contribution is 0.594. The Morgan fingerprint density at radius 1 is 1.50 bits per heavy atom. The van der Waals surface area contributed by atoms with Gasteiger partial charge in [-0.05, 0) is 12.1 Å². The quantitative estimate of drug-likeness (QED) is 0.599. The molecule has 1 aliphatic rings. The highest BCUT2D eigenvalue weighted by atomic mass is 79.9. The minimum absolute atomic E-state index is 0.121. The average molecular weight is 297 g/mol. The van der Waals surface area contributed by atoms with E-state index in [4.69, 9.17) is 0 Å². The first-order chi connectivity index (χ1) is 7.81. The van der Waals surface area contributed by atoms with Crippen molar-refractivity contribution >= 4 is 38.6 Å². The summed E-state index contributed by atoms with van der Waals surface area (Å²) >= 11 is 5.16. The molecule has 0 saturated carbocycles. The van der Waals surface area contributed by atoms with E-state index in [-0.39, 0.29) is 5.56 Å². The first kappa shape index (κ1) is 10.4. The van der Waals surface area contributed by atoms with E-state index in [0.717, 1.165) is 21.8 Å². The molecule has 3 nitrogen and oxygen atoms in total. The topological polar surface area (TPSA) is 34.9 Å². The van der Waals surface area contributed by atoms with Crippen molar-refractivity contribution in [1.82, 2.24) is 9.55 Å². The normalized spacial score (nSPS) is 18.9. The number of thioether (sulfide) groups is 1. The lowest BCUT2D eigenvalue weighted by atomic mass is 10.2. The van der Waals surface area contributed by atoms with Crippen LogP contribution < -0.4 is 5.56 Å². The SMILES string of the molecule is O=c1nc2n(c3ccccc13)[C@H](CBr)CS2. The monoisotopic (exact) mass is 296 g/mol. The van der Waals surface area contributed by atoms with Crippen molar-refractivity contribution in [2.24, 2.45) is 0 Å². The van der Waals surface area contributed by atoms with Gasteiger partial charge in [-0.25, -0.2) is 0 Å². The Hall–Kier alpha value is -0.810.